The third-order valence-electron chi connectivity index (χ3n) is 1.88. The van der Waals surface area contributed by atoms with Gasteiger partial charge in [0.25, 0.3) is 0 Å². The highest BCUT2D eigenvalue weighted by atomic mass is 16.4. The fourth-order valence-corrected chi connectivity index (χ4v) is 0.987. The molecule has 6 heteroatoms. The summed E-state index contributed by atoms with van der Waals surface area (Å²) >= 11 is 0. The lowest BCUT2D eigenvalue weighted by Gasteiger charge is -2.03. The highest BCUT2D eigenvalue weighted by Crippen LogP contribution is 1.90. The molecule has 0 aromatic carbocycles. The minimum atomic E-state index is -0.837. The maximum atomic E-state index is 10.4. The van der Waals surface area contributed by atoms with Crippen molar-refractivity contribution in [2.75, 3.05) is 20.6 Å². The first kappa shape index (κ1) is 12.7. The van der Waals surface area contributed by atoms with Crippen molar-refractivity contribution in [2.45, 2.75) is 18.9 Å². The van der Waals surface area contributed by atoms with E-state index in [1.807, 2.05) is 0 Å². The minimum absolute atomic E-state index is 0.510. The van der Waals surface area contributed by atoms with Gasteiger partial charge in [0.15, 0.2) is 6.04 Å². The van der Waals surface area contributed by atoms with Gasteiger partial charge in [-0.15, -0.1) is 0 Å². The molecule has 0 saturated carbocycles. The highest BCUT2D eigenvalue weighted by Gasteiger charge is 2.14. The second-order valence-electron chi connectivity index (χ2n) is 2.98. The van der Waals surface area contributed by atoms with E-state index >= 15 is 0 Å². The molecule has 0 aliphatic carbocycles. The van der Waals surface area contributed by atoms with Crippen LogP contribution in [-0.2, 0) is 4.79 Å². The molecule has 82 valence electrons. The van der Waals surface area contributed by atoms with Crippen LogP contribution in [0, 0.1) is 0 Å². The van der Waals surface area contributed by atoms with E-state index in [4.69, 9.17) is 5.11 Å². The zero-order valence-corrected chi connectivity index (χ0v) is 8.76. The fraction of sp³-hybridized carbons (Fsp3) is 0.750. The molecule has 0 aliphatic heterocycles. The van der Waals surface area contributed by atoms with E-state index in [1.54, 1.807) is 14.1 Å². The molecule has 0 heterocycles. The van der Waals surface area contributed by atoms with Crippen LogP contribution in [0.25, 0.3) is 0 Å². The molecule has 0 amide bonds. The quantitative estimate of drug-likeness (QED) is 0.181. The van der Waals surface area contributed by atoms with Crippen LogP contribution in [-0.4, -0.2) is 43.7 Å². The molecule has 0 unspecified atom stereocenters. The number of guanidine groups is 1. The number of quaternary nitrogens is 1. The molecular weight excluding hydrogens is 184 g/mol. The lowest BCUT2D eigenvalue weighted by atomic mass is 10.2. The minimum Gasteiger partial charge on any atom is -0.477 e. The van der Waals surface area contributed by atoms with Crippen molar-refractivity contribution in [1.29, 1.82) is 0 Å². The summed E-state index contributed by atoms with van der Waals surface area (Å²) in [7, 11) is 3.61. The Morgan fingerprint density at radius 2 is 2.29 bits per heavy atom. The standard InChI is InChI=1S/C8H18N4O2/c1-10-8(11-2)12-5-3-4-6(9)7(13)14/h6H,3-5,9H2,1-2H3,(H,13,14)(H2,10,11,12)/p+2/t6-/m0/s1. The second-order valence-corrected chi connectivity index (χ2v) is 2.98. The maximum absolute atomic E-state index is 10.4. The maximum Gasteiger partial charge on any atom is 0.362 e. The normalized spacial score (nSPS) is 13.5. The Morgan fingerprint density at radius 3 is 2.71 bits per heavy atom. The van der Waals surface area contributed by atoms with Crippen LogP contribution in [0.2, 0.25) is 0 Å². The van der Waals surface area contributed by atoms with Gasteiger partial charge >= 0.3 is 11.9 Å². The number of hydrogen-bond acceptors (Lipinski definition) is 1. The number of nitrogens with one attached hydrogen (secondary N) is 3. The van der Waals surface area contributed by atoms with E-state index in [2.05, 4.69) is 21.4 Å². The lowest BCUT2D eigenvalue weighted by molar-refractivity contribution is -0.425. The van der Waals surface area contributed by atoms with Crippen LogP contribution in [0.3, 0.4) is 0 Å². The number of carbonyl (C=O) groups is 1. The number of hydrogen-bond donors (Lipinski definition) is 5. The van der Waals surface area contributed by atoms with Gasteiger partial charge in [-0.1, -0.05) is 0 Å². The summed E-state index contributed by atoms with van der Waals surface area (Å²) in [6, 6.07) is -0.510. The van der Waals surface area contributed by atoms with Crippen molar-refractivity contribution in [3.63, 3.8) is 0 Å². The van der Waals surface area contributed by atoms with Crippen molar-refractivity contribution in [2.24, 2.45) is 0 Å². The third-order valence-corrected chi connectivity index (χ3v) is 1.88. The van der Waals surface area contributed by atoms with Gasteiger partial charge in [0, 0.05) is 6.42 Å². The zero-order chi connectivity index (χ0) is 11.0. The third kappa shape index (κ3) is 5.36. The van der Waals surface area contributed by atoms with Gasteiger partial charge in [0.05, 0.1) is 20.6 Å². The van der Waals surface area contributed by atoms with Crippen molar-refractivity contribution in [3.8, 4) is 0 Å². The summed E-state index contributed by atoms with van der Waals surface area (Å²) in [5.74, 6) is -0.00243. The second kappa shape index (κ2) is 7.14. The van der Waals surface area contributed by atoms with E-state index in [9.17, 15) is 4.79 Å². The molecule has 0 aromatic rings. The van der Waals surface area contributed by atoms with Crippen molar-refractivity contribution in [1.82, 2.24) is 10.6 Å². The monoisotopic (exact) mass is 204 g/mol. The number of carboxylic acid groups (broad SMARTS) is 1. The van der Waals surface area contributed by atoms with Crippen molar-refractivity contribution >= 4 is 11.9 Å². The van der Waals surface area contributed by atoms with Crippen molar-refractivity contribution in [3.05, 3.63) is 0 Å². The van der Waals surface area contributed by atoms with Gasteiger partial charge in [-0.05, 0) is 6.42 Å². The molecule has 0 aromatic heterocycles. The van der Waals surface area contributed by atoms with Crippen molar-refractivity contribution < 1.29 is 20.6 Å². The summed E-state index contributed by atoms with van der Waals surface area (Å²) in [5.41, 5.74) is 3.53. The van der Waals surface area contributed by atoms with Crippen LogP contribution in [0.4, 0.5) is 0 Å². The SMILES string of the molecule is CNC(NCCC[C@H]([NH3+])C(=O)O)=[NH+]C. The number of rotatable bonds is 5. The predicted molar refractivity (Wildman–Crippen MR) is 52.5 cm³/mol. The van der Waals surface area contributed by atoms with Gasteiger partial charge in [-0.2, -0.15) is 0 Å². The molecule has 14 heavy (non-hydrogen) atoms. The molecule has 6 nitrogen and oxygen atoms in total. The van der Waals surface area contributed by atoms with Crippen LogP contribution < -0.4 is 21.4 Å². The van der Waals surface area contributed by atoms with E-state index in [0.29, 0.717) is 6.42 Å². The largest absolute Gasteiger partial charge is 0.477 e. The first-order valence-corrected chi connectivity index (χ1v) is 4.64. The molecule has 0 saturated heterocycles. The Bertz CT molecular complexity index is 206. The molecule has 0 spiro atoms. The molecule has 0 aliphatic rings. The summed E-state index contributed by atoms with van der Waals surface area (Å²) in [6.45, 7) is 0.732. The summed E-state index contributed by atoms with van der Waals surface area (Å²) in [5, 5.41) is 14.6. The molecular formula is C8H20N4O2+2. The first-order chi connectivity index (χ1) is 6.61. The van der Waals surface area contributed by atoms with Crippen LogP contribution in [0.5, 0.6) is 0 Å². The Morgan fingerprint density at radius 1 is 1.64 bits per heavy atom. The first-order valence-electron chi connectivity index (χ1n) is 4.64. The van der Waals surface area contributed by atoms with E-state index < -0.39 is 12.0 Å². The van der Waals surface area contributed by atoms with Crippen LogP contribution >= 0.6 is 0 Å². The highest BCUT2D eigenvalue weighted by molar-refractivity contribution is 5.73. The predicted octanol–water partition coefficient (Wildman–Crippen LogP) is -3.66. The van der Waals surface area contributed by atoms with Gasteiger partial charge in [0.1, 0.15) is 0 Å². The Balaban J connectivity index is 3.51. The van der Waals surface area contributed by atoms with E-state index in [1.165, 1.54) is 0 Å². The van der Waals surface area contributed by atoms with Gasteiger partial charge in [0.2, 0.25) is 0 Å². The summed E-state index contributed by atoms with van der Waals surface area (Å²) < 4.78 is 0. The Kier molecular flexibility index (Phi) is 6.47. The van der Waals surface area contributed by atoms with Gasteiger partial charge in [-0.25, -0.2) is 4.79 Å². The Labute approximate surface area is 83.6 Å². The average Bonchev–Trinajstić information content (AvgIpc) is 2.17. The van der Waals surface area contributed by atoms with Crippen LogP contribution in [0.1, 0.15) is 12.8 Å². The summed E-state index contributed by atoms with van der Waals surface area (Å²) in [6.07, 6.45) is 1.37. The molecule has 0 fully saturated rings. The number of aliphatic carboxylic acids is 1. The van der Waals surface area contributed by atoms with E-state index in [0.717, 1.165) is 18.9 Å². The number of carboxylic acids is 1. The molecule has 0 radical (unpaired) electrons. The Hall–Kier alpha value is -1.30. The van der Waals surface area contributed by atoms with Gasteiger partial charge < -0.3 is 10.8 Å². The molecule has 0 bridgehead atoms. The van der Waals surface area contributed by atoms with Gasteiger partial charge in [-0.3, -0.25) is 15.6 Å². The fourth-order valence-electron chi connectivity index (χ4n) is 0.987. The topological polar surface area (TPSA) is 103 Å². The van der Waals surface area contributed by atoms with E-state index in [-0.39, 0.29) is 0 Å². The smallest absolute Gasteiger partial charge is 0.362 e. The zero-order valence-electron chi connectivity index (χ0n) is 8.76. The molecule has 1 atom stereocenters. The molecule has 7 N–H and O–H groups in total. The summed E-state index contributed by atoms with van der Waals surface area (Å²) in [4.78, 5) is 13.4. The van der Waals surface area contributed by atoms with Crippen LogP contribution in [0.15, 0.2) is 0 Å². The average molecular weight is 204 g/mol. The lowest BCUT2D eigenvalue weighted by Crippen LogP contribution is -2.75. The molecule has 0 rings (SSSR count).